The Labute approximate surface area is 149 Å². The van der Waals surface area contributed by atoms with Crippen LogP contribution < -0.4 is 24.8 Å². The Morgan fingerprint density at radius 3 is 2.21 bits per heavy atom. The van der Waals surface area contributed by atoms with Gasteiger partial charge in [-0.15, -0.1) is 12.4 Å². The maximum absolute atomic E-state index is 12.2. The molecule has 0 unspecified atom stereocenters. The molecule has 7 heteroatoms. The molecule has 1 aliphatic rings. The van der Waals surface area contributed by atoms with E-state index in [9.17, 15) is 4.79 Å². The van der Waals surface area contributed by atoms with Gasteiger partial charge in [-0.25, -0.2) is 0 Å². The molecule has 0 spiro atoms. The Hall–Kier alpha value is -1.66. The topological polar surface area (TPSA) is 68.8 Å². The first-order valence-corrected chi connectivity index (χ1v) is 7.97. The summed E-state index contributed by atoms with van der Waals surface area (Å²) in [5.74, 6) is 2.35. The van der Waals surface area contributed by atoms with Crippen LogP contribution in [-0.4, -0.2) is 46.9 Å². The second-order valence-corrected chi connectivity index (χ2v) is 5.58. The minimum absolute atomic E-state index is 0. The van der Waals surface area contributed by atoms with Crippen molar-refractivity contribution < 1.29 is 19.0 Å². The van der Waals surface area contributed by atoms with Crippen molar-refractivity contribution in [1.82, 2.24) is 10.6 Å². The Balaban J connectivity index is 0.00000288. The molecule has 1 aromatic carbocycles. The number of rotatable bonds is 7. The zero-order chi connectivity index (χ0) is 16.7. The fourth-order valence-corrected chi connectivity index (χ4v) is 2.86. The van der Waals surface area contributed by atoms with E-state index in [1.54, 1.807) is 21.3 Å². The summed E-state index contributed by atoms with van der Waals surface area (Å²) in [5.41, 5.74) is 0.932. The van der Waals surface area contributed by atoms with Crippen LogP contribution >= 0.6 is 12.4 Å². The van der Waals surface area contributed by atoms with Gasteiger partial charge in [0.15, 0.2) is 0 Å². The van der Waals surface area contributed by atoms with Gasteiger partial charge in [-0.1, -0.05) is 0 Å². The van der Waals surface area contributed by atoms with E-state index in [1.807, 2.05) is 12.1 Å². The molecule has 2 rings (SSSR count). The molecule has 1 fully saturated rings. The highest BCUT2D eigenvalue weighted by Crippen LogP contribution is 2.34. The molecular formula is C17H27ClN2O4. The average molecular weight is 359 g/mol. The van der Waals surface area contributed by atoms with E-state index in [-0.39, 0.29) is 24.2 Å². The molecule has 6 nitrogen and oxygen atoms in total. The fraction of sp³-hybridized carbons (Fsp3) is 0.588. The number of piperidine rings is 1. The zero-order valence-electron chi connectivity index (χ0n) is 14.5. The summed E-state index contributed by atoms with van der Waals surface area (Å²) >= 11 is 0. The maximum Gasteiger partial charge on any atom is 0.223 e. The minimum Gasteiger partial charge on any atom is -0.496 e. The first-order chi connectivity index (χ1) is 11.2. The van der Waals surface area contributed by atoms with Gasteiger partial charge in [0.1, 0.15) is 17.2 Å². The summed E-state index contributed by atoms with van der Waals surface area (Å²) < 4.78 is 16.1. The van der Waals surface area contributed by atoms with Crippen LogP contribution in [0.2, 0.25) is 0 Å². The Kier molecular flexibility index (Phi) is 8.71. The number of amides is 1. The van der Waals surface area contributed by atoms with E-state index >= 15 is 0 Å². The summed E-state index contributed by atoms with van der Waals surface area (Å²) in [6, 6.07) is 3.65. The fourth-order valence-electron chi connectivity index (χ4n) is 2.86. The smallest absolute Gasteiger partial charge is 0.223 e. The van der Waals surface area contributed by atoms with Crippen LogP contribution in [0.3, 0.4) is 0 Å². The van der Waals surface area contributed by atoms with Crippen LogP contribution in [0.1, 0.15) is 18.4 Å². The SMILES string of the molecule is COc1cc(OC)c(CCNC(=O)C2CCNCC2)c(OC)c1.Cl. The second kappa shape index (κ2) is 10.3. The van der Waals surface area contributed by atoms with Crippen molar-refractivity contribution in [3.8, 4) is 17.2 Å². The number of methoxy groups -OCH3 is 3. The summed E-state index contributed by atoms with van der Waals surface area (Å²) in [6.45, 7) is 2.39. The lowest BCUT2D eigenvalue weighted by Crippen LogP contribution is -2.38. The lowest BCUT2D eigenvalue weighted by molar-refractivity contribution is -0.125. The number of benzene rings is 1. The Morgan fingerprint density at radius 2 is 1.71 bits per heavy atom. The van der Waals surface area contributed by atoms with E-state index in [0.717, 1.165) is 31.5 Å². The van der Waals surface area contributed by atoms with Crippen molar-refractivity contribution in [2.24, 2.45) is 5.92 Å². The molecule has 136 valence electrons. The largest absolute Gasteiger partial charge is 0.496 e. The summed E-state index contributed by atoms with van der Waals surface area (Å²) in [6.07, 6.45) is 2.45. The molecular weight excluding hydrogens is 332 g/mol. The van der Waals surface area contributed by atoms with Crippen molar-refractivity contribution >= 4 is 18.3 Å². The van der Waals surface area contributed by atoms with Crippen molar-refractivity contribution in [3.05, 3.63) is 17.7 Å². The molecule has 0 bridgehead atoms. The number of carbonyl (C=O) groups is 1. The van der Waals surface area contributed by atoms with Crippen LogP contribution in [-0.2, 0) is 11.2 Å². The molecule has 1 saturated heterocycles. The molecule has 24 heavy (non-hydrogen) atoms. The van der Waals surface area contributed by atoms with Gasteiger partial charge in [0.2, 0.25) is 5.91 Å². The minimum atomic E-state index is 0. The standard InChI is InChI=1S/C17H26N2O4.ClH/c1-21-13-10-15(22-2)14(16(11-13)23-3)6-9-19-17(20)12-4-7-18-8-5-12;/h10-12,18H,4-9H2,1-3H3,(H,19,20);1H. The maximum atomic E-state index is 12.2. The third-order valence-electron chi connectivity index (χ3n) is 4.20. The van der Waals surface area contributed by atoms with Gasteiger partial charge in [0.25, 0.3) is 0 Å². The van der Waals surface area contributed by atoms with E-state index in [4.69, 9.17) is 14.2 Å². The van der Waals surface area contributed by atoms with E-state index in [0.29, 0.717) is 30.2 Å². The van der Waals surface area contributed by atoms with Crippen LogP contribution in [0.5, 0.6) is 17.2 Å². The lowest BCUT2D eigenvalue weighted by Gasteiger charge is -2.22. The quantitative estimate of drug-likeness (QED) is 0.777. The third kappa shape index (κ3) is 5.18. The molecule has 1 aliphatic heterocycles. The lowest BCUT2D eigenvalue weighted by atomic mass is 9.97. The predicted octanol–water partition coefficient (Wildman–Crippen LogP) is 1.79. The first kappa shape index (κ1) is 20.4. The van der Waals surface area contributed by atoms with Gasteiger partial charge in [-0.05, 0) is 32.4 Å². The van der Waals surface area contributed by atoms with Crippen molar-refractivity contribution in [2.75, 3.05) is 41.0 Å². The molecule has 1 aromatic rings. The number of hydrogen-bond acceptors (Lipinski definition) is 5. The molecule has 1 amide bonds. The van der Waals surface area contributed by atoms with Gasteiger partial charge in [0, 0.05) is 30.2 Å². The number of carbonyl (C=O) groups excluding carboxylic acids is 1. The van der Waals surface area contributed by atoms with Crippen molar-refractivity contribution in [3.63, 3.8) is 0 Å². The Bertz CT molecular complexity index is 508. The van der Waals surface area contributed by atoms with Gasteiger partial charge in [0.05, 0.1) is 21.3 Å². The molecule has 0 saturated carbocycles. The third-order valence-corrected chi connectivity index (χ3v) is 4.20. The van der Waals surface area contributed by atoms with Crippen molar-refractivity contribution in [2.45, 2.75) is 19.3 Å². The highest BCUT2D eigenvalue weighted by atomic mass is 35.5. The van der Waals surface area contributed by atoms with Crippen LogP contribution in [0, 0.1) is 5.92 Å². The average Bonchev–Trinajstić information content (AvgIpc) is 2.62. The summed E-state index contributed by atoms with van der Waals surface area (Å²) in [7, 11) is 4.84. The van der Waals surface area contributed by atoms with Crippen LogP contribution in [0.25, 0.3) is 0 Å². The zero-order valence-corrected chi connectivity index (χ0v) is 15.3. The van der Waals surface area contributed by atoms with E-state index < -0.39 is 0 Å². The molecule has 0 aromatic heterocycles. The van der Waals surface area contributed by atoms with Gasteiger partial charge < -0.3 is 24.8 Å². The monoisotopic (exact) mass is 358 g/mol. The highest BCUT2D eigenvalue weighted by Gasteiger charge is 2.21. The molecule has 0 radical (unpaired) electrons. The number of ether oxygens (including phenoxy) is 3. The van der Waals surface area contributed by atoms with E-state index in [2.05, 4.69) is 10.6 Å². The van der Waals surface area contributed by atoms with E-state index in [1.165, 1.54) is 0 Å². The molecule has 0 aliphatic carbocycles. The van der Waals surface area contributed by atoms with Crippen LogP contribution in [0.15, 0.2) is 12.1 Å². The number of hydrogen-bond donors (Lipinski definition) is 2. The number of halogens is 1. The molecule has 1 heterocycles. The normalized spacial score (nSPS) is 14.5. The van der Waals surface area contributed by atoms with Crippen LogP contribution in [0.4, 0.5) is 0 Å². The summed E-state index contributed by atoms with van der Waals surface area (Å²) in [4.78, 5) is 12.2. The molecule has 2 N–H and O–H groups in total. The van der Waals surface area contributed by atoms with Gasteiger partial charge >= 0.3 is 0 Å². The first-order valence-electron chi connectivity index (χ1n) is 7.97. The summed E-state index contributed by atoms with van der Waals surface area (Å²) in [5, 5.41) is 6.29. The van der Waals surface area contributed by atoms with Gasteiger partial charge in [-0.3, -0.25) is 4.79 Å². The Morgan fingerprint density at radius 1 is 1.12 bits per heavy atom. The molecule has 0 atom stereocenters. The predicted molar refractivity (Wildman–Crippen MR) is 95.7 cm³/mol. The van der Waals surface area contributed by atoms with Gasteiger partial charge in [-0.2, -0.15) is 0 Å². The highest BCUT2D eigenvalue weighted by molar-refractivity contribution is 5.85. The number of nitrogens with one attached hydrogen (secondary N) is 2. The van der Waals surface area contributed by atoms with Crippen molar-refractivity contribution in [1.29, 1.82) is 0 Å². The second-order valence-electron chi connectivity index (χ2n) is 5.58.